The second kappa shape index (κ2) is 7.40. The van der Waals surface area contributed by atoms with Gasteiger partial charge in [-0.25, -0.2) is 0 Å². The van der Waals surface area contributed by atoms with Crippen LogP contribution in [-0.2, 0) is 9.59 Å². The molecule has 25 heavy (non-hydrogen) atoms. The van der Waals surface area contributed by atoms with Crippen LogP contribution in [-0.4, -0.2) is 29.1 Å². The number of fused-ring (bicyclic) bond motifs is 1. The molecule has 0 atom stereocenters. The van der Waals surface area contributed by atoms with Gasteiger partial charge in [0.2, 0.25) is 11.8 Å². The fourth-order valence-electron chi connectivity index (χ4n) is 3.69. The van der Waals surface area contributed by atoms with E-state index < -0.39 is 0 Å². The molecule has 1 aromatic carbocycles. The second-order valence-corrected chi connectivity index (χ2v) is 9.76. The van der Waals surface area contributed by atoms with E-state index in [1.807, 2.05) is 24.3 Å². The Morgan fingerprint density at radius 3 is 2.64 bits per heavy atom. The van der Waals surface area contributed by atoms with Crippen LogP contribution in [0.3, 0.4) is 0 Å². The minimum absolute atomic E-state index is 0.0230. The quantitative estimate of drug-likeness (QED) is 0.887. The Morgan fingerprint density at radius 1 is 1.24 bits per heavy atom. The fraction of sp³-hybridized carbons (Fsp3) is 0.600. The van der Waals surface area contributed by atoms with Crippen molar-refractivity contribution in [2.75, 3.05) is 11.4 Å². The van der Waals surface area contributed by atoms with Crippen molar-refractivity contribution in [1.82, 2.24) is 5.32 Å². The molecule has 1 heterocycles. The standard InChI is InChI=1S/C20H28N2O2S/c1-14-8-10-15(11-9-14)21-18(23)13-22-16-6-4-5-7-17(16)25-20(2,3)12-19(22)24/h4-7,14-15H,8-13H2,1-3H3,(H,21,23). The number of thioether (sulfide) groups is 1. The molecular weight excluding hydrogens is 332 g/mol. The Bertz CT molecular complexity index is 651. The third-order valence-corrected chi connectivity index (χ3v) is 6.37. The molecule has 0 radical (unpaired) electrons. The van der Waals surface area contributed by atoms with Gasteiger partial charge in [0, 0.05) is 22.1 Å². The lowest BCUT2D eigenvalue weighted by molar-refractivity contribution is -0.124. The molecule has 4 nitrogen and oxygen atoms in total. The summed E-state index contributed by atoms with van der Waals surface area (Å²) in [5.41, 5.74) is 0.857. The summed E-state index contributed by atoms with van der Waals surface area (Å²) in [7, 11) is 0. The van der Waals surface area contributed by atoms with Crippen molar-refractivity contribution in [3.8, 4) is 0 Å². The first-order valence-corrected chi connectivity index (χ1v) is 10.0. The van der Waals surface area contributed by atoms with Crippen LogP contribution in [0.5, 0.6) is 0 Å². The maximum atomic E-state index is 12.8. The van der Waals surface area contributed by atoms with Crippen LogP contribution >= 0.6 is 11.8 Å². The molecule has 136 valence electrons. The van der Waals surface area contributed by atoms with Crippen molar-refractivity contribution in [2.24, 2.45) is 5.92 Å². The van der Waals surface area contributed by atoms with Gasteiger partial charge in [-0.2, -0.15) is 0 Å². The third-order valence-electron chi connectivity index (χ3n) is 5.10. The highest BCUT2D eigenvalue weighted by Crippen LogP contribution is 2.43. The smallest absolute Gasteiger partial charge is 0.240 e. The molecule has 1 aliphatic carbocycles. The lowest BCUT2D eigenvalue weighted by Crippen LogP contribution is -2.45. The van der Waals surface area contributed by atoms with Crippen LogP contribution in [0.2, 0.25) is 0 Å². The topological polar surface area (TPSA) is 49.4 Å². The molecule has 0 spiro atoms. The molecule has 1 fully saturated rings. The van der Waals surface area contributed by atoms with Crippen LogP contribution in [0.15, 0.2) is 29.2 Å². The van der Waals surface area contributed by atoms with E-state index in [0.717, 1.165) is 29.3 Å². The van der Waals surface area contributed by atoms with Gasteiger partial charge in [0.05, 0.1) is 5.69 Å². The summed E-state index contributed by atoms with van der Waals surface area (Å²) in [5.74, 6) is 0.730. The van der Waals surface area contributed by atoms with Gasteiger partial charge in [-0.05, 0) is 57.6 Å². The number of benzene rings is 1. The van der Waals surface area contributed by atoms with Crippen molar-refractivity contribution in [1.29, 1.82) is 0 Å². The van der Waals surface area contributed by atoms with E-state index in [2.05, 4.69) is 26.1 Å². The summed E-state index contributed by atoms with van der Waals surface area (Å²) >= 11 is 1.71. The molecular formula is C20H28N2O2S. The monoisotopic (exact) mass is 360 g/mol. The summed E-state index contributed by atoms with van der Waals surface area (Å²) in [6.07, 6.45) is 4.85. The maximum absolute atomic E-state index is 12.8. The summed E-state index contributed by atoms with van der Waals surface area (Å²) < 4.78 is -0.169. The molecule has 0 saturated heterocycles. The van der Waals surface area contributed by atoms with Gasteiger partial charge in [0.15, 0.2) is 0 Å². The highest BCUT2D eigenvalue weighted by molar-refractivity contribution is 8.00. The van der Waals surface area contributed by atoms with Crippen molar-refractivity contribution < 1.29 is 9.59 Å². The van der Waals surface area contributed by atoms with E-state index >= 15 is 0 Å². The van der Waals surface area contributed by atoms with Crippen molar-refractivity contribution >= 4 is 29.3 Å². The minimum Gasteiger partial charge on any atom is -0.352 e. The van der Waals surface area contributed by atoms with Crippen molar-refractivity contribution in [3.63, 3.8) is 0 Å². The van der Waals surface area contributed by atoms with Crippen molar-refractivity contribution in [2.45, 2.75) is 68.6 Å². The number of hydrogen-bond acceptors (Lipinski definition) is 3. The highest BCUT2D eigenvalue weighted by atomic mass is 32.2. The van der Waals surface area contributed by atoms with Gasteiger partial charge in [0.25, 0.3) is 0 Å². The normalized spacial score (nSPS) is 25.9. The number of carbonyl (C=O) groups excluding carboxylic acids is 2. The first-order valence-electron chi connectivity index (χ1n) is 9.22. The molecule has 0 aromatic heterocycles. The van der Waals surface area contributed by atoms with Crippen LogP contribution < -0.4 is 10.2 Å². The van der Waals surface area contributed by atoms with Gasteiger partial charge in [-0.3, -0.25) is 9.59 Å². The fourth-order valence-corrected chi connectivity index (χ4v) is 4.91. The number of nitrogens with zero attached hydrogens (tertiary/aromatic N) is 1. The Morgan fingerprint density at radius 2 is 1.92 bits per heavy atom. The molecule has 2 aliphatic rings. The Kier molecular flexibility index (Phi) is 5.42. The maximum Gasteiger partial charge on any atom is 0.240 e. The predicted molar refractivity (Wildman–Crippen MR) is 103 cm³/mol. The summed E-state index contributed by atoms with van der Waals surface area (Å²) in [4.78, 5) is 28.1. The van der Waals surface area contributed by atoms with E-state index in [4.69, 9.17) is 0 Å². The number of anilines is 1. The number of amides is 2. The molecule has 5 heteroatoms. The van der Waals surface area contributed by atoms with Crippen LogP contribution in [0.25, 0.3) is 0 Å². The van der Waals surface area contributed by atoms with Gasteiger partial charge in [-0.15, -0.1) is 11.8 Å². The molecule has 0 bridgehead atoms. The number of carbonyl (C=O) groups is 2. The van der Waals surface area contributed by atoms with Gasteiger partial charge in [-0.1, -0.05) is 19.1 Å². The molecule has 1 saturated carbocycles. The zero-order valence-electron chi connectivity index (χ0n) is 15.4. The summed E-state index contributed by atoms with van der Waals surface area (Å²) in [5, 5.41) is 3.14. The first kappa shape index (κ1) is 18.3. The predicted octanol–water partition coefficient (Wildman–Crippen LogP) is 3.99. The Balaban J connectivity index is 1.72. The Labute approximate surface area is 154 Å². The molecule has 1 aromatic rings. The Hall–Kier alpha value is -1.49. The van der Waals surface area contributed by atoms with E-state index in [0.29, 0.717) is 6.42 Å². The molecule has 1 aliphatic heterocycles. The van der Waals surface area contributed by atoms with Crippen LogP contribution in [0.4, 0.5) is 5.69 Å². The molecule has 1 N–H and O–H groups in total. The zero-order chi connectivity index (χ0) is 18.0. The van der Waals surface area contributed by atoms with E-state index in [-0.39, 0.29) is 29.1 Å². The highest BCUT2D eigenvalue weighted by Gasteiger charge is 2.34. The van der Waals surface area contributed by atoms with Gasteiger partial charge < -0.3 is 10.2 Å². The average molecular weight is 361 g/mol. The van der Waals surface area contributed by atoms with E-state index in [1.165, 1.54) is 12.8 Å². The summed E-state index contributed by atoms with van der Waals surface area (Å²) in [6, 6.07) is 8.15. The third kappa shape index (κ3) is 4.57. The van der Waals surface area contributed by atoms with E-state index in [9.17, 15) is 9.59 Å². The lowest BCUT2D eigenvalue weighted by atomic mass is 9.87. The average Bonchev–Trinajstić information content (AvgIpc) is 2.63. The van der Waals surface area contributed by atoms with Gasteiger partial charge in [0.1, 0.15) is 6.54 Å². The van der Waals surface area contributed by atoms with E-state index in [1.54, 1.807) is 16.7 Å². The zero-order valence-corrected chi connectivity index (χ0v) is 16.2. The number of hydrogen-bond donors (Lipinski definition) is 1. The molecule has 0 unspecified atom stereocenters. The largest absolute Gasteiger partial charge is 0.352 e. The number of rotatable bonds is 3. The van der Waals surface area contributed by atoms with Gasteiger partial charge >= 0.3 is 0 Å². The van der Waals surface area contributed by atoms with Crippen LogP contribution in [0.1, 0.15) is 52.9 Å². The SMILES string of the molecule is CC1CCC(NC(=O)CN2C(=O)CC(C)(C)Sc3ccccc32)CC1. The molecule has 2 amide bonds. The molecule has 3 rings (SSSR count). The summed E-state index contributed by atoms with van der Waals surface area (Å²) in [6.45, 7) is 6.54. The van der Waals surface area contributed by atoms with Crippen molar-refractivity contribution in [3.05, 3.63) is 24.3 Å². The first-order chi connectivity index (χ1) is 11.8. The van der Waals surface area contributed by atoms with Crippen LogP contribution in [0, 0.1) is 5.92 Å². The number of para-hydroxylation sites is 1. The minimum atomic E-state index is -0.169. The lowest BCUT2D eigenvalue weighted by Gasteiger charge is -2.28. The second-order valence-electron chi connectivity index (χ2n) is 8.01. The number of nitrogens with one attached hydrogen (secondary N) is 1.